The Morgan fingerprint density at radius 3 is 2.38 bits per heavy atom. The van der Waals surface area contributed by atoms with Gasteiger partial charge in [-0.1, -0.05) is 6.07 Å². The molecule has 0 aliphatic carbocycles. The number of nitrogens with one attached hydrogen (secondary N) is 1. The second kappa shape index (κ2) is 8.43. The van der Waals surface area contributed by atoms with Gasteiger partial charge in [0.05, 0.1) is 12.8 Å². The molecule has 4 amide bonds. The molecule has 3 rings (SSSR count). The molecule has 1 N–H and O–H groups in total. The van der Waals surface area contributed by atoms with Crippen molar-refractivity contribution < 1.29 is 28.7 Å². The number of anilines is 1. The third-order valence-electron chi connectivity index (χ3n) is 3.94. The van der Waals surface area contributed by atoms with Crippen molar-refractivity contribution in [2.45, 2.75) is 6.92 Å². The van der Waals surface area contributed by atoms with Gasteiger partial charge in [-0.25, -0.2) is 9.69 Å². The second-order valence-electron chi connectivity index (χ2n) is 5.94. The van der Waals surface area contributed by atoms with Gasteiger partial charge < -0.3 is 9.47 Å². The molecule has 0 saturated carbocycles. The molecule has 8 nitrogen and oxygen atoms in total. The van der Waals surface area contributed by atoms with Crippen molar-refractivity contribution in [3.8, 4) is 11.5 Å². The summed E-state index contributed by atoms with van der Waals surface area (Å²) < 4.78 is 11.2. The highest BCUT2D eigenvalue weighted by Crippen LogP contribution is 2.30. The number of nitrogens with zero attached hydrogens (tertiary/aromatic N) is 1. The lowest BCUT2D eigenvalue weighted by atomic mass is 10.1. The summed E-state index contributed by atoms with van der Waals surface area (Å²) in [4.78, 5) is 49.4. The van der Waals surface area contributed by atoms with Crippen LogP contribution >= 0.6 is 22.6 Å². The third-order valence-corrected chi connectivity index (χ3v) is 4.66. The van der Waals surface area contributed by atoms with Crippen molar-refractivity contribution in [3.05, 3.63) is 57.2 Å². The van der Waals surface area contributed by atoms with E-state index in [-0.39, 0.29) is 17.1 Å². The molecule has 0 unspecified atom stereocenters. The minimum atomic E-state index is -0.818. The van der Waals surface area contributed by atoms with E-state index >= 15 is 0 Å². The first-order valence-electron chi connectivity index (χ1n) is 8.33. The first-order valence-corrected chi connectivity index (χ1v) is 9.41. The topological polar surface area (TPSA) is 102 Å². The minimum Gasteiger partial charge on any atom is -0.493 e. The van der Waals surface area contributed by atoms with Crippen molar-refractivity contribution in [2.75, 3.05) is 12.0 Å². The molecule has 0 bridgehead atoms. The number of rotatable bonds is 4. The van der Waals surface area contributed by atoms with Gasteiger partial charge in [0, 0.05) is 10.5 Å². The first-order chi connectivity index (χ1) is 13.8. The van der Waals surface area contributed by atoms with Crippen LogP contribution in [0, 0.1) is 3.57 Å². The molecule has 2 aromatic rings. The van der Waals surface area contributed by atoms with Crippen LogP contribution in [0.15, 0.2) is 48.0 Å². The lowest BCUT2D eigenvalue weighted by molar-refractivity contribution is -0.132. The van der Waals surface area contributed by atoms with Crippen LogP contribution in [0.25, 0.3) is 6.08 Å². The van der Waals surface area contributed by atoms with Gasteiger partial charge in [0.15, 0.2) is 11.5 Å². The highest BCUT2D eigenvalue weighted by atomic mass is 127. The SMILES string of the molecule is COc1cc(/C=C2/C(=O)NC(=O)N(c3ccc(I)cc3)C2=O)ccc1OC(C)=O. The van der Waals surface area contributed by atoms with E-state index in [1.807, 2.05) is 0 Å². The molecular formula is C20H15IN2O6. The fourth-order valence-electron chi connectivity index (χ4n) is 2.66. The first kappa shape index (κ1) is 20.5. The molecule has 0 aromatic heterocycles. The molecule has 29 heavy (non-hydrogen) atoms. The van der Waals surface area contributed by atoms with Crippen LogP contribution in [-0.4, -0.2) is 30.9 Å². The lowest BCUT2D eigenvalue weighted by Crippen LogP contribution is -2.54. The number of hydrogen-bond donors (Lipinski definition) is 1. The minimum absolute atomic E-state index is 0.206. The predicted octanol–water partition coefficient (Wildman–Crippen LogP) is 2.89. The van der Waals surface area contributed by atoms with E-state index in [0.717, 1.165) is 8.47 Å². The van der Waals surface area contributed by atoms with Crippen LogP contribution in [-0.2, 0) is 14.4 Å². The Morgan fingerprint density at radius 1 is 1.07 bits per heavy atom. The normalized spacial score (nSPS) is 15.3. The quantitative estimate of drug-likeness (QED) is 0.225. The van der Waals surface area contributed by atoms with E-state index in [0.29, 0.717) is 11.3 Å². The number of carbonyl (C=O) groups excluding carboxylic acids is 4. The maximum absolute atomic E-state index is 12.9. The maximum atomic E-state index is 12.9. The van der Waals surface area contributed by atoms with E-state index in [2.05, 4.69) is 27.9 Å². The number of imide groups is 2. The van der Waals surface area contributed by atoms with Crippen molar-refractivity contribution in [2.24, 2.45) is 0 Å². The fraction of sp³-hybridized carbons (Fsp3) is 0.100. The Hall–Kier alpha value is -3.21. The Labute approximate surface area is 179 Å². The number of carbonyl (C=O) groups is 4. The molecule has 0 atom stereocenters. The van der Waals surface area contributed by atoms with E-state index in [9.17, 15) is 19.2 Å². The fourth-order valence-corrected chi connectivity index (χ4v) is 3.02. The second-order valence-corrected chi connectivity index (χ2v) is 7.18. The molecule has 1 heterocycles. The van der Waals surface area contributed by atoms with Crippen LogP contribution in [0.3, 0.4) is 0 Å². The standard InChI is InChI=1S/C20H15IN2O6/c1-11(24)29-16-8-3-12(10-17(16)28-2)9-15-18(25)22-20(27)23(19(15)26)14-6-4-13(21)5-7-14/h3-10H,1-2H3,(H,22,25,27)/b15-9-. The Balaban J connectivity index is 1.98. The zero-order valence-corrected chi connectivity index (χ0v) is 17.6. The van der Waals surface area contributed by atoms with Gasteiger partial charge in [-0.15, -0.1) is 0 Å². The summed E-state index contributed by atoms with van der Waals surface area (Å²) in [7, 11) is 1.40. The number of methoxy groups -OCH3 is 1. The number of amides is 4. The van der Waals surface area contributed by atoms with Crippen LogP contribution in [0.4, 0.5) is 10.5 Å². The Kier molecular flexibility index (Phi) is 5.97. The summed E-state index contributed by atoms with van der Waals surface area (Å²) >= 11 is 2.10. The van der Waals surface area contributed by atoms with Gasteiger partial charge >= 0.3 is 12.0 Å². The molecule has 1 saturated heterocycles. The zero-order chi connectivity index (χ0) is 21.1. The number of hydrogen-bond acceptors (Lipinski definition) is 6. The van der Waals surface area contributed by atoms with Gasteiger partial charge in [-0.3, -0.25) is 19.7 Å². The molecule has 0 spiro atoms. The number of ether oxygens (including phenoxy) is 2. The maximum Gasteiger partial charge on any atom is 0.335 e. The van der Waals surface area contributed by atoms with Gasteiger partial charge in [-0.2, -0.15) is 0 Å². The predicted molar refractivity (Wildman–Crippen MR) is 112 cm³/mol. The third kappa shape index (κ3) is 4.45. The van der Waals surface area contributed by atoms with Gasteiger partial charge in [0.25, 0.3) is 11.8 Å². The number of halogens is 1. The molecule has 1 fully saturated rings. The van der Waals surface area contributed by atoms with E-state index < -0.39 is 23.8 Å². The smallest absolute Gasteiger partial charge is 0.335 e. The Morgan fingerprint density at radius 2 is 1.76 bits per heavy atom. The van der Waals surface area contributed by atoms with Crippen LogP contribution in [0.5, 0.6) is 11.5 Å². The summed E-state index contributed by atoms with van der Waals surface area (Å²) in [6, 6.07) is 10.5. The van der Waals surface area contributed by atoms with Gasteiger partial charge in [-0.05, 0) is 70.6 Å². The molecule has 1 aliphatic rings. The summed E-state index contributed by atoms with van der Waals surface area (Å²) in [6.45, 7) is 1.26. The number of urea groups is 1. The van der Waals surface area contributed by atoms with Crippen LogP contribution < -0.4 is 19.7 Å². The summed E-state index contributed by atoms with van der Waals surface area (Å²) in [5.74, 6) is -1.60. The van der Waals surface area contributed by atoms with Crippen molar-refractivity contribution >= 4 is 58.2 Å². The summed E-state index contributed by atoms with van der Waals surface area (Å²) in [5, 5.41) is 2.17. The molecular weight excluding hydrogens is 491 g/mol. The number of benzene rings is 2. The van der Waals surface area contributed by atoms with E-state index in [4.69, 9.17) is 9.47 Å². The summed E-state index contributed by atoms with van der Waals surface area (Å²) in [6.07, 6.45) is 1.34. The lowest BCUT2D eigenvalue weighted by Gasteiger charge is -2.26. The summed E-state index contributed by atoms with van der Waals surface area (Å²) in [5.41, 5.74) is 0.577. The molecule has 1 aliphatic heterocycles. The van der Waals surface area contributed by atoms with Gasteiger partial charge in [0.1, 0.15) is 5.57 Å². The van der Waals surface area contributed by atoms with E-state index in [1.54, 1.807) is 30.3 Å². The monoisotopic (exact) mass is 506 g/mol. The van der Waals surface area contributed by atoms with Crippen molar-refractivity contribution in [3.63, 3.8) is 0 Å². The van der Waals surface area contributed by atoms with Crippen molar-refractivity contribution in [1.29, 1.82) is 0 Å². The van der Waals surface area contributed by atoms with Crippen molar-refractivity contribution in [1.82, 2.24) is 5.32 Å². The van der Waals surface area contributed by atoms with Crippen LogP contribution in [0.1, 0.15) is 12.5 Å². The largest absolute Gasteiger partial charge is 0.493 e. The number of esters is 1. The van der Waals surface area contributed by atoms with Crippen LogP contribution in [0.2, 0.25) is 0 Å². The Bertz CT molecular complexity index is 1050. The highest BCUT2D eigenvalue weighted by Gasteiger charge is 2.36. The van der Waals surface area contributed by atoms with E-state index in [1.165, 1.54) is 32.2 Å². The average molecular weight is 506 g/mol. The molecule has 0 radical (unpaired) electrons. The zero-order valence-electron chi connectivity index (χ0n) is 15.4. The molecule has 9 heteroatoms. The molecule has 148 valence electrons. The molecule has 2 aromatic carbocycles. The average Bonchev–Trinajstić information content (AvgIpc) is 2.67. The highest BCUT2D eigenvalue weighted by molar-refractivity contribution is 14.1. The van der Waals surface area contributed by atoms with Gasteiger partial charge in [0.2, 0.25) is 0 Å². The number of barbiturate groups is 1.